The lowest BCUT2D eigenvalue weighted by molar-refractivity contribution is -0.148. The molecule has 1 N–H and O–H groups in total. The predicted molar refractivity (Wildman–Crippen MR) is 56.1 cm³/mol. The van der Waals surface area contributed by atoms with Gasteiger partial charge in [0.05, 0.1) is 12.5 Å². The van der Waals surface area contributed by atoms with Crippen LogP contribution in [0.3, 0.4) is 0 Å². The summed E-state index contributed by atoms with van der Waals surface area (Å²) in [5.74, 6) is 0.157. The van der Waals surface area contributed by atoms with Gasteiger partial charge in [0.1, 0.15) is 0 Å². The molecule has 3 nitrogen and oxygen atoms in total. The lowest BCUT2D eigenvalue weighted by Crippen LogP contribution is -2.19. The third-order valence-corrected chi connectivity index (χ3v) is 2.68. The van der Waals surface area contributed by atoms with Crippen molar-refractivity contribution in [2.24, 2.45) is 5.92 Å². The Hall–Kier alpha value is -0.570. The highest BCUT2D eigenvalue weighted by atomic mass is 16.5. The topological polar surface area (TPSA) is 38.3 Å². The van der Waals surface area contributed by atoms with Crippen LogP contribution in [0.5, 0.6) is 0 Å². The van der Waals surface area contributed by atoms with Crippen LogP contribution in [0.25, 0.3) is 0 Å². The molecule has 0 aromatic rings. The molecule has 0 amide bonds. The average molecular weight is 199 g/mol. The Bertz CT molecular complexity index is 161. The van der Waals surface area contributed by atoms with Crippen molar-refractivity contribution in [3.63, 3.8) is 0 Å². The fourth-order valence-electron chi connectivity index (χ4n) is 1.88. The highest BCUT2D eigenvalue weighted by molar-refractivity contribution is 5.72. The first-order chi connectivity index (χ1) is 6.84. The second-order valence-electron chi connectivity index (χ2n) is 3.84. The Morgan fingerprint density at radius 1 is 1.29 bits per heavy atom. The third-order valence-electron chi connectivity index (χ3n) is 2.68. The largest absolute Gasteiger partial charge is 0.466 e. The van der Waals surface area contributed by atoms with E-state index in [1.807, 2.05) is 6.92 Å². The fraction of sp³-hybridized carbons (Fsp3) is 0.909. The summed E-state index contributed by atoms with van der Waals surface area (Å²) in [4.78, 5) is 11.5. The maximum atomic E-state index is 11.5. The van der Waals surface area contributed by atoms with E-state index in [1.54, 1.807) is 0 Å². The Morgan fingerprint density at radius 3 is 2.79 bits per heavy atom. The highest BCUT2D eigenvalue weighted by Gasteiger charge is 2.19. The molecule has 1 aliphatic rings. The van der Waals surface area contributed by atoms with Crippen molar-refractivity contribution in [1.82, 2.24) is 5.32 Å². The number of hydrogen-bond donors (Lipinski definition) is 1. The van der Waals surface area contributed by atoms with Crippen LogP contribution in [-0.4, -0.2) is 25.7 Å². The van der Waals surface area contributed by atoms with Crippen LogP contribution in [0.4, 0.5) is 0 Å². The van der Waals surface area contributed by atoms with Crippen LogP contribution in [0, 0.1) is 5.92 Å². The molecule has 0 aromatic carbocycles. The van der Waals surface area contributed by atoms with Gasteiger partial charge in [0.25, 0.3) is 0 Å². The number of carbonyl (C=O) groups excluding carboxylic acids is 1. The van der Waals surface area contributed by atoms with E-state index < -0.39 is 0 Å². The molecule has 1 rings (SSSR count). The minimum Gasteiger partial charge on any atom is -0.466 e. The van der Waals surface area contributed by atoms with Crippen LogP contribution in [-0.2, 0) is 9.53 Å². The van der Waals surface area contributed by atoms with E-state index >= 15 is 0 Å². The number of rotatable bonds is 2. The molecule has 1 unspecified atom stereocenters. The van der Waals surface area contributed by atoms with E-state index in [0.717, 1.165) is 38.8 Å². The summed E-state index contributed by atoms with van der Waals surface area (Å²) in [6.45, 7) is 4.51. The first kappa shape index (κ1) is 11.5. The molecule has 1 fully saturated rings. The maximum absolute atomic E-state index is 11.5. The lowest BCUT2D eigenvalue weighted by atomic mass is 9.97. The van der Waals surface area contributed by atoms with Gasteiger partial charge in [-0.25, -0.2) is 0 Å². The fourth-order valence-corrected chi connectivity index (χ4v) is 1.88. The summed E-state index contributed by atoms with van der Waals surface area (Å²) in [5, 5.41) is 3.37. The first-order valence-electron chi connectivity index (χ1n) is 5.72. The average Bonchev–Trinajstić information content (AvgIpc) is 2.30. The smallest absolute Gasteiger partial charge is 0.308 e. The lowest BCUT2D eigenvalue weighted by Gasteiger charge is -2.13. The normalized spacial score (nSPS) is 24.5. The van der Waals surface area contributed by atoms with Crippen LogP contribution in [0.2, 0.25) is 0 Å². The Balaban J connectivity index is 2.35. The van der Waals surface area contributed by atoms with Gasteiger partial charge < -0.3 is 10.1 Å². The minimum atomic E-state index is 0.00870. The molecule has 82 valence electrons. The van der Waals surface area contributed by atoms with Crippen molar-refractivity contribution >= 4 is 5.97 Å². The highest BCUT2D eigenvalue weighted by Crippen LogP contribution is 2.17. The molecule has 14 heavy (non-hydrogen) atoms. The minimum absolute atomic E-state index is 0.00870. The van der Waals surface area contributed by atoms with Crippen LogP contribution >= 0.6 is 0 Å². The molecule has 1 aliphatic heterocycles. The summed E-state index contributed by atoms with van der Waals surface area (Å²) in [6, 6.07) is 0. The van der Waals surface area contributed by atoms with Gasteiger partial charge in [0, 0.05) is 0 Å². The molecular weight excluding hydrogens is 178 g/mol. The Morgan fingerprint density at radius 2 is 2.00 bits per heavy atom. The standard InChI is InChI=1S/C11H21NO2/c1-2-14-11(13)10-6-3-4-8-12-9-5-7-10/h10,12H,2-9H2,1H3. The van der Waals surface area contributed by atoms with Gasteiger partial charge in [-0.1, -0.05) is 6.42 Å². The Labute approximate surface area is 86.2 Å². The second-order valence-corrected chi connectivity index (χ2v) is 3.84. The quantitative estimate of drug-likeness (QED) is 0.688. The van der Waals surface area contributed by atoms with Gasteiger partial charge in [-0.05, 0) is 45.7 Å². The van der Waals surface area contributed by atoms with E-state index in [9.17, 15) is 4.79 Å². The van der Waals surface area contributed by atoms with Gasteiger partial charge in [0.15, 0.2) is 0 Å². The third kappa shape index (κ3) is 4.09. The van der Waals surface area contributed by atoms with Crippen molar-refractivity contribution < 1.29 is 9.53 Å². The molecule has 0 saturated carbocycles. The van der Waals surface area contributed by atoms with Crippen molar-refractivity contribution in [1.29, 1.82) is 0 Å². The van der Waals surface area contributed by atoms with E-state index in [2.05, 4.69) is 5.32 Å². The zero-order valence-electron chi connectivity index (χ0n) is 9.05. The van der Waals surface area contributed by atoms with E-state index in [0.29, 0.717) is 6.61 Å². The van der Waals surface area contributed by atoms with Gasteiger partial charge in [-0.15, -0.1) is 0 Å². The number of esters is 1. The van der Waals surface area contributed by atoms with E-state index in [4.69, 9.17) is 4.74 Å². The Kier molecular flexibility index (Phi) is 5.60. The van der Waals surface area contributed by atoms with Crippen molar-refractivity contribution in [3.8, 4) is 0 Å². The summed E-state index contributed by atoms with van der Waals surface area (Å²) < 4.78 is 5.06. The summed E-state index contributed by atoms with van der Waals surface area (Å²) in [7, 11) is 0. The molecule has 0 aromatic heterocycles. The van der Waals surface area contributed by atoms with Crippen LogP contribution in [0.15, 0.2) is 0 Å². The molecule has 1 atom stereocenters. The van der Waals surface area contributed by atoms with E-state index in [1.165, 1.54) is 6.42 Å². The zero-order chi connectivity index (χ0) is 10.2. The summed E-state index contributed by atoms with van der Waals surface area (Å²) in [6.07, 6.45) is 5.38. The monoisotopic (exact) mass is 199 g/mol. The van der Waals surface area contributed by atoms with Gasteiger partial charge in [-0.2, -0.15) is 0 Å². The van der Waals surface area contributed by atoms with Gasteiger partial charge in [-0.3, -0.25) is 4.79 Å². The number of nitrogens with one attached hydrogen (secondary N) is 1. The number of ether oxygens (including phenoxy) is 1. The van der Waals surface area contributed by atoms with Crippen LogP contribution in [0.1, 0.15) is 39.0 Å². The summed E-state index contributed by atoms with van der Waals surface area (Å²) >= 11 is 0. The van der Waals surface area contributed by atoms with Crippen molar-refractivity contribution in [2.45, 2.75) is 39.0 Å². The molecule has 0 aliphatic carbocycles. The van der Waals surface area contributed by atoms with Gasteiger partial charge in [0.2, 0.25) is 0 Å². The van der Waals surface area contributed by atoms with Crippen molar-refractivity contribution in [2.75, 3.05) is 19.7 Å². The molecule has 0 radical (unpaired) electrons. The summed E-state index contributed by atoms with van der Waals surface area (Å²) in [5.41, 5.74) is 0. The second kappa shape index (κ2) is 6.82. The molecule has 1 heterocycles. The molecule has 3 heteroatoms. The predicted octanol–water partition coefficient (Wildman–Crippen LogP) is 1.72. The zero-order valence-corrected chi connectivity index (χ0v) is 9.05. The van der Waals surface area contributed by atoms with Crippen molar-refractivity contribution in [3.05, 3.63) is 0 Å². The molecule has 1 saturated heterocycles. The number of carbonyl (C=O) groups is 1. The first-order valence-corrected chi connectivity index (χ1v) is 5.72. The SMILES string of the molecule is CCOC(=O)C1CCCCNCCC1. The van der Waals surface area contributed by atoms with E-state index in [-0.39, 0.29) is 11.9 Å². The van der Waals surface area contributed by atoms with Gasteiger partial charge >= 0.3 is 5.97 Å². The maximum Gasteiger partial charge on any atom is 0.308 e. The number of hydrogen-bond acceptors (Lipinski definition) is 3. The van der Waals surface area contributed by atoms with Crippen LogP contribution < -0.4 is 5.32 Å². The molecular formula is C11H21NO2. The molecule has 0 bridgehead atoms. The molecule has 0 spiro atoms.